The van der Waals surface area contributed by atoms with Crippen LogP contribution in [0, 0.1) is 0 Å². The molecule has 0 saturated heterocycles. The van der Waals surface area contributed by atoms with Gasteiger partial charge in [-0.3, -0.25) is 4.79 Å². The third kappa shape index (κ3) is 7.50. The van der Waals surface area contributed by atoms with Crippen LogP contribution in [0.25, 0.3) is 0 Å². The molecule has 0 rings (SSSR count). The SMILES string of the molecule is CCCCOCC(=O)NCCN. The molecule has 0 aliphatic heterocycles. The van der Waals surface area contributed by atoms with Crippen LogP contribution >= 0.6 is 0 Å². The topological polar surface area (TPSA) is 64.3 Å². The van der Waals surface area contributed by atoms with Gasteiger partial charge in [0.25, 0.3) is 0 Å². The molecule has 0 spiro atoms. The summed E-state index contributed by atoms with van der Waals surface area (Å²) in [7, 11) is 0. The molecule has 0 aromatic carbocycles. The van der Waals surface area contributed by atoms with Crippen molar-refractivity contribution in [2.75, 3.05) is 26.3 Å². The van der Waals surface area contributed by atoms with Gasteiger partial charge >= 0.3 is 0 Å². The maximum Gasteiger partial charge on any atom is 0.246 e. The Kier molecular flexibility index (Phi) is 8.05. The smallest absolute Gasteiger partial charge is 0.246 e. The maximum atomic E-state index is 10.9. The molecule has 0 fully saturated rings. The first-order valence-electron chi connectivity index (χ1n) is 4.35. The second kappa shape index (κ2) is 8.49. The summed E-state index contributed by atoms with van der Waals surface area (Å²) < 4.78 is 5.08. The lowest BCUT2D eigenvalue weighted by molar-refractivity contribution is -0.125. The second-order valence-corrected chi connectivity index (χ2v) is 2.54. The zero-order valence-corrected chi connectivity index (χ0v) is 7.64. The summed E-state index contributed by atoms with van der Waals surface area (Å²) in [6.07, 6.45) is 2.09. The third-order valence-corrected chi connectivity index (χ3v) is 1.34. The number of carbonyl (C=O) groups excluding carboxylic acids is 1. The molecule has 0 saturated carbocycles. The molecule has 4 heteroatoms. The van der Waals surface area contributed by atoms with E-state index in [1.807, 2.05) is 0 Å². The Morgan fingerprint density at radius 1 is 1.58 bits per heavy atom. The van der Waals surface area contributed by atoms with Crippen LogP contribution < -0.4 is 11.1 Å². The van der Waals surface area contributed by atoms with Gasteiger partial charge in [-0.25, -0.2) is 0 Å². The van der Waals surface area contributed by atoms with E-state index in [0.29, 0.717) is 19.7 Å². The van der Waals surface area contributed by atoms with E-state index in [1.54, 1.807) is 0 Å². The van der Waals surface area contributed by atoms with Crippen LogP contribution in [0.1, 0.15) is 19.8 Å². The summed E-state index contributed by atoms with van der Waals surface area (Å²) in [4.78, 5) is 10.9. The number of unbranched alkanes of at least 4 members (excludes halogenated alkanes) is 1. The Morgan fingerprint density at radius 2 is 2.33 bits per heavy atom. The number of nitrogens with one attached hydrogen (secondary N) is 1. The lowest BCUT2D eigenvalue weighted by atomic mass is 10.4. The van der Waals surface area contributed by atoms with Crippen LogP contribution in [0.15, 0.2) is 0 Å². The molecule has 12 heavy (non-hydrogen) atoms. The molecule has 0 radical (unpaired) electrons. The predicted molar refractivity (Wildman–Crippen MR) is 47.8 cm³/mol. The average molecular weight is 174 g/mol. The average Bonchev–Trinajstić information content (AvgIpc) is 2.09. The minimum Gasteiger partial charge on any atom is -0.372 e. The van der Waals surface area contributed by atoms with E-state index >= 15 is 0 Å². The molecule has 72 valence electrons. The van der Waals surface area contributed by atoms with Crippen LogP contribution in [-0.2, 0) is 9.53 Å². The van der Waals surface area contributed by atoms with Crippen molar-refractivity contribution < 1.29 is 9.53 Å². The first-order valence-corrected chi connectivity index (χ1v) is 4.35. The molecule has 0 bridgehead atoms. The predicted octanol–water partition coefficient (Wildman–Crippen LogP) is -0.122. The van der Waals surface area contributed by atoms with Crippen LogP contribution in [0.2, 0.25) is 0 Å². The van der Waals surface area contributed by atoms with Gasteiger partial charge < -0.3 is 15.8 Å². The van der Waals surface area contributed by atoms with E-state index in [9.17, 15) is 4.79 Å². The van der Waals surface area contributed by atoms with E-state index in [1.165, 1.54) is 0 Å². The van der Waals surface area contributed by atoms with E-state index in [0.717, 1.165) is 12.8 Å². The Hall–Kier alpha value is -0.610. The molecule has 0 aliphatic carbocycles. The number of carbonyl (C=O) groups is 1. The number of amides is 1. The highest BCUT2D eigenvalue weighted by Gasteiger charge is 1.98. The highest BCUT2D eigenvalue weighted by atomic mass is 16.5. The lowest BCUT2D eigenvalue weighted by Gasteiger charge is -2.03. The van der Waals surface area contributed by atoms with Crippen molar-refractivity contribution in [1.82, 2.24) is 5.32 Å². The van der Waals surface area contributed by atoms with Crippen molar-refractivity contribution in [3.05, 3.63) is 0 Å². The molecule has 0 aliphatic rings. The summed E-state index contributed by atoms with van der Waals surface area (Å²) in [5, 5.41) is 2.62. The standard InChI is InChI=1S/C8H18N2O2/c1-2-3-6-12-7-8(11)10-5-4-9/h2-7,9H2,1H3,(H,10,11). The molecule has 1 amide bonds. The molecule has 4 nitrogen and oxygen atoms in total. The van der Waals surface area contributed by atoms with E-state index in [-0.39, 0.29) is 12.5 Å². The fraction of sp³-hybridized carbons (Fsp3) is 0.875. The molecular formula is C8H18N2O2. The molecule has 0 heterocycles. The van der Waals surface area contributed by atoms with Gasteiger partial charge in [-0.2, -0.15) is 0 Å². The van der Waals surface area contributed by atoms with Gasteiger partial charge in [-0.05, 0) is 6.42 Å². The molecule has 3 N–H and O–H groups in total. The molecular weight excluding hydrogens is 156 g/mol. The van der Waals surface area contributed by atoms with Crippen LogP contribution in [0.4, 0.5) is 0 Å². The first-order chi connectivity index (χ1) is 5.81. The molecule has 0 atom stereocenters. The Balaban J connectivity index is 3.08. The molecule has 0 aromatic rings. The largest absolute Gasteiger partial charge is 0.372 e. The van der Waals surface area contributed by atoms with Crippen LogP contribution in [0.3, 0.4) is 0 Å². The second-order valence-electron chi connectivity index (χ2n) is 2.54. The van der Waals surface area contributed by atoms with Crippen molar-refractivity contribution in [1.29, 1.82) is 0 Å². The fourth-order valence-corrected chi connectivity index (χ4v) is 0.674. The van der Waals surface area contributed by atoms with E-state index in [2.05, 4.69) is 12.2 Å². The minimum absolute atomic E-state index is 0.0865. The van der Waals surface area contributed by atoms with Gasteiger partial charge in [0.1, 0.15) is 6.61 Å². The van der Waals surface area contributed by atoms with E-state index in [4.69, 9.17) is 10.5 Å². The quantitative estimate of drug-likeness (QED) is 0.529. The van der Waals surface area contributed by atoms with Crippen LogP contribution in [0.5, 0.6) is 0 Å². The van der Waals surface area contributed by atoms with Crippen molar-refractivity contribution in [2.45, 2.75) is 19.8 Å². The minimum atomic E-state index is -0.0865. The summed E-state index contributed by atoms with van der Waals surface area (Å²) in [5.41, 5.74) is 5.20. The van der Waals surface area contributed by atoms with Crippen molar-refractivity contribution in [3.63, 3.8) is 0 Å². The summed E-state index contributed by atoms with van der Waals surface area (Å²) >= 11 is 0. The van der Waals surface area contributed by atoms with Crippen molar-refractivity contribution in [3.8, 4) is 0 Å². The normalized spacial score (nSPS) is 9.83. The zero-order valence-electron chi connectivity index (χ0n) is 7.64. The Bertz CT molecular complexity index is 118. The summed E-state index contributed by atoms with van der Waals surface area (Å²) in [6.45, 7) is 3.89. The van der Waals surface area contributed by atoms with Gasteiger partial charge in [0.2, 0.25) is 5.91 Å². The number of nitrogens with two attached hydrogens (primary N) is 1. The zero-order chi connectivity index (χ0) is 9.23. The Morgan fingerprint density at radius 3 is 2.92 bits per heavy atom. The molecule has 0 aromatic heterocycles. The highest BCUT2D eigenvalue weighted by Crippen LogP contribution is 1.86. The summed E-state index contributed by atoms with van der Waals surface area (Å²) in [6, 6.07) is 0. The number of hydrogen-bond acceptors (Lipinski definition) is 3. The monoisotopic (exact) mass is 174 g/mol. The third-order valence-electron chi connectivity index (χ3n) is 1.34. The highest BCUT2D eigenvalue weighted by molar-refractivity contribution is 5.77. The lowest BCUT2D eigenvalue weighted by Crippen LogP contribution is -2.32. The van der Waals surface area contributed by atoms with Crippen molar-refractivity contribution >= 4 is 5.91 Å². The van der Waals surface area contributed by atoms with Gasteiger partial charge in [0, 0.05) is 19.7 Å². The number of ether oxygens (including phenoxy) is 1. The molecule has 0 unspecified atom stereocenters. The first kappa shape index (κ1) is 11.4. The number of rotatable bonds is 7. The summed E-state index contributed by atoms with van der Waals surface area (Å²) in [5.74, 6) is -0.0865. The number of hydrogen-bond donors (Lipinski definition) is 2. The van der Waals surface area contributed by atoms with E-state index < -0.39 is 0 Å². The van der Waals surface area contributed by atoms with Crippen LogP contribution in [-0.4, -0.2) is 32.2 Å². The van der Waals surface area contributed by atoms with Gasteiger partial charge in [-0.1, -0.05) is 13.3 Å². The van der Waals surface area contributed by atoms with Crippen molar-refractivity contribution in [2.24, 2.45) is 5.73 Å². The van der Waals surface area contributed by atoms with Gasteiger partial charge in [-0.15, -0.1) is 0 Å². The fourth-order valence-electron chi connectivity index (χ4n) is 0.674. The van der Waals surface area contributed by atoms with Gasteiger partial charge in [0.05, 0.1) is 0 Å². The maximum absolute atomic E-state index is 10.9. The van der Waals surface area contributed by atoms with Gasteiger partial charge in [0.15, 0.2) is 0 Å². The Labute approximate surface area is 73.5 Å².